The highest BCUT2D eigenvalue weighted by atomic mass is 79.9. The zero-order valence-electron chi connectivity index (χ0n) is 9.51. The molecule has 2 aromatic rings. The SMILES string of the molecule is Clc1ncc(Br)c(N(Cc2cccs2)C2CC2)n1. The highest BCUT2D eigenvalue weighted by Gasteiger charge is 2.31. The molecule has 1 saturated carbocycles. The molecule has 0 bridgehead atoms. The third-order valence-electron chi connectivity index (χ3n) is 2.86. The van der Waals surface area contributed by atoms with Crippen LogP contribution in [0.3, 0.4) is 0 Å². The standard InChI is InChI=1S/C12H11BrClN3S/c13-10-6-15-12(14)16-11(10)17(8-3-4-8)7-9-2-1-5-18-9/h1-2,5-6,8H,3-4,7H2. The molecule has 0 aliphatic heterocycles. The summed E-state index contributed by atoms with van der Waals surface area (Å²) < 4.78 is 0.898. The van der Waals surface area contributed by atoms with Crippen LogP contribution in [0.4, 0.5) is 5.82 Å². The lowest BCUT2D eigenvalue weighted by Crippen LogP contribution is -2.26. The van der Waals surface area contributed by atoms with E-state index in [1.807, 2.05) is 0 Å². The number of hydrogen-bond donors (Lipinski definition) is 0. The van der Waals surface area contributed by atoms with Gasteiger partial charge in [0.2, 0.25) is 5.28 Å². The minimum absolute atomic E-state index is 0.296. The Balaban J connectivity index is 1.91. The predicted octanol–water partition coefficient (Wildman–Crippen LogP) is 4.12. The fraction of sp³-hybridized carbons (Fsp3) is 0.333. The first-order valence-electron chi connectivity index (χ1n) is 5.71. The molecule has 0 saturated heterocycles. The number of aromatic nitrogens is 2. The highest BCUT2D eigenvalue weighted by molar-refractivity contribution is 9.10. The largest absolute Gasteiger partial charge is 0.347 e. The molecule has 2 aromatic heterocycles. The van der Waals surface area contributed by atoms with Crippen molar-refractivity contribution in [3.05, 3.63) is 38.3 Å². The first-order chi connectivity index (χ1) is 8.74. The molecule has 0 atom stereocenters. The average Bonchev–Trinajstić information content (AvgIpc) is 3.07. The molecule has 3 nitrogen and oxygen atoms in total. The molecule has 1 fully saturated rings. The van der Waals surface area contributed by atoms with Crippen LogP contribution in [-0.4, -0.2) is 16.0 Å². The van der Waals surface area contributed by atoms with Crippen molar-refractivity contribution in [3.63, 3.8) is 0 Å². The summed E-state index contributed by atoms with van der Waals surface area (Å²) in [6, 6.07) is 4.80. The summed E-state index contributed by atoms with van der Waals surface area (Å²) in [5, 5.41) is 2.40. The van der Waals surface area contributed by atoms with Crippen molar-refractivity contribution in [2.75, 3.05) is 4.90 Å². The van der Waals surface area contributed by atoms with Crippen molar-refractivity contribution >= 4 is 44.7 Å². The Morgan fingerprint density at radius 3 is 3.00 bits per heavy atom. The molecule has 6 heteroatoms. The Morgan fingerprint density at radius 2 is 2.33 bits per heavy atom. The van der Waals surface area contributed by atoms with Crippen molar-refractivity contribution < 1.29 is 0 Å². The molecule has 0 amide bonds. The molecule has 94 valence electrons. The van der Waals surface area contributed by atoms with Gasteiger partial charge in [-0.15, -0.1) is 11.3 Å². The van der Waals surface area contributed by atoms with Crippen LogP contribution in [0.1, 0.15) is 17.7 Å². The lowest BCUT2D eigenvalue weighted by atomic mass is 10.4. The Morgan fingerprint density at radius 1 is 1.50 bits per heavy atom. The van der Waals surface area contributed by atoms with Gasteiger partial charge in [0.05, 0.1) is 11.0 Å². The molecule has 2 heterocycles. The van der Waals surface area contributed by atoms with Crippen molar-refractivity contribution in [2.45, 2.75) is 25.4 Å². The van der Waals surface area contributed by atoms with Crippen LogP contribution in [0, 0.1) is 0 Å². The van der Waals surface area contributed by atoms with Gasteiger partial charge >= 0.3 is 0 Å². The van der Waals surface area contributed by atoms with Crippen LogP contribution in [0.15, 0.2) is 28.2 Å². The fourth-order valence-electron chi connectivity index (χ4n) is 1.87. The van der Waals surface area contributed by atoms with E-state index in [1.165, 1.54) is 17.7 Å². The molecule has 18 heavy (non-hydrogen) atoms. The average molecular weight is 345 g/mol. The number of rotatable bonds is 4. The molecule has 1 aliphatic rings. The first kappa shape index (κ1) is 12.4. The van der Waals surface area contributed by atoms with Gasteiger partial charge in [-0.2, -0.15) is 4.98 Å². The second kappa shape index (κ2) is 5.15. The normalized spacial score (nSPS) is 14.8. The van der Waals surface area contributed by atoms with E-state index in [-0.39, 0.29) is 0 Å². The number of halogens is 2. The van der Waals surface area contributed by atoms with Crippen LogP contribution in [0.25, 0.3) is 0 Å². The van der Waals surface area contributed by atoms with E-state index in [2.05, 4.69) is 48.3 Å². The monoisotopic (exact) mass is 343 g/mol. The highest BCUT2D eigenvalue weighted by Crippen LogP contribution is 2.36. The third kappa shape index (κ3) is 2.68. The van der Waals surface area contributed by atoms with Gasteiger partial charge < -0.3 is 4.90 Å². The maximum atomic E-state index is 5.90. The quantitative estimate of drug-likeness (QED) is 0.781. The minimum Gasteiger partial charge on any atom is -0.347 e. The van der Waals surface area contributed by atoms with Crippen LogP contribution >= 0.6 is 38.9 Å². The fourth-order valence-corrected chi connectivity index (χ4v) is 3.12. The number of hydrogen-bond acceptors (Lipinski definition) is 4. The molecule has 0 N–H and O–H groups in total. The molecule has 0 radical (unpaired) electrons. The maximum Gasteiger partial charge on any atom is 0.224 e. The topological polar surface area (TPSA) is 29.0 Å². The summed E-state index contributed by atoms with van der Waals surface area (Å²) in [6.07, 6.45) is 4.16. The Labute approximate surface area is 123 Å². The maximum absolute atomic E-state index is 5.90. The molecule has 0 spiro atoms. The summed E-state index contributed by atoms with van der Waals surface area (Å²) in [5.74, 6) is 0.894. The van der Waals surface area contributed by atoms with Gasteiger partial charge in [-0.25, -0.2) is 4.98 Å². The zero-order chi connectivity index (χ0) is 12.5. The van der Waals surface area contributed by atoms with Gasteiger partial charge in [0.1, 0.15) is 5.82 Å². The molecule has 1 aliphatic carbocycles. The third-order valence-corrected chi connectivity index (χ3v) is 4.46. The summed E-state index contributed by atoms with van der Waals surface area (Å²) in [4.78, 5) is 12.0. The predicted molar refractivity (Wildman–Crippen MR) is 78.3 cm³/mol. The zero-order valence-corrected chi connectivity index (χ0v) is 12.7. The van der Waals surface area contributed by atoms with Crippen molar-refractivity contribution in [3.8, 4) is 0 Å². The summed E-state index contributed by atoms with van der Waals surface area (Å²) >= 11 is 11.2. The van der Waals surface area contributed by atoms with Gasteiger partial charge in [0.25, 0.3) is 0 Å². The van der Waals surface area contributed by atoms with E-state index < -0.39 is 0 Å². The van der Waals surface area contributed by atoms with Gasteiger partial charge in [-0.05, 0) is 51.8 Å². The van der Waals surface area contributed by atoms with Crippen LogP contribution < -0.4 is 4.90 Å². The van der Waals surface area contributed by atoms with Gasteiger partial charge in [0.15, 0.2) is 0 Å². The van der Waals surface area contributed by atoms with E-state index in [1.54, 1.807) is 17.5 Å². The number of thiophene rings is 1. The molecule has 3 rings (SSSR count). The summed E-state index contributed by atoms with van der Waals surface area (Å²) in [7, 11) is 0. The van der Waals surface area contributed by atoms with E-state index in [0.29, 0.717) is 11.3 Å². The Kier molecular flexibility index (Phi) is 3.54. The van der Waals surface area contributed by atoms with E-state index in [9.17, 15) is 0 Å². The van der Waals surface area contributed by atoms with Gasteiger partial charge in [0, 0.05) is 17.1 Å². The first-order valence-corrected chi connectivity index (χ1v) is 7.76. The van der Waals surface area contributed by atoms with Crippen LogP contribution in [-0.2, 0) is 6.54 Å². The van der Waals surface area contributed by atoms with Crippen molar-refractivity contribution in [1.29, 1.82) is 0 Å². The van der Waals surface area contributed by atoms with Gasteiger partial charge in [-0.1, -0.05) is 6.07 Å². The van der Waals surface area contributed by atoms with E-state index in [0.717, 1.165) is 16.8 Å². The van der Waals surface area contributed by atoms with Crippen molar-refractivity contribution in [2.24, 2.45) is 0 Å². The van der Waals surface area contributed by atoms with Crippen molar-refractivity contribution in [1.82, 2.24) is 9.97 Å². The molecular formula is C12H11BrClN3S. The Bertz CT molecular complexity index is 542. The molecular weight excluding hydrogens is 334 g/mol. The lowest BCUT2D eigenvalue weighted by Gasteiger charge is -2.23. The second-order valence-corrected chi connectivity index (χ2v) is 6.47. The van der Waals surface area contributed by atoms with Gasteiger partial charge in [-0.3, -0.25) is 0 Å². The van der Waals surface area contributed by atoms with Crippen LogP contribution in [0.5, 0.6) is 0 Å². The minimum atomic E-state index is 0.296. The molecule has 0 unspecified atom stereocenters. The van der Waals surface area contributed by atoms with Crippen LogP contribution in [0.2, 0.25) is 5.28 Å². The van der Waals surface area contributed by atoms with E-state index in [4.69, 9.17) is 11.6 Å². The summed E-state index contributed by atoms with van der Waals surface area (Å²) in [6.45, 7) is 0.883. The second-order valence-electron chi connectivity index (χ2n) is 4.25. The van der Waals surface area contributed by atoms with E-state index >= 15 is 0 Å². The lowest BCUT2D eigenvalue weighted by molar-refractivity contribution is 0.780. The number of nitrogens with zero attached hydrogens (tertiary/aromatic N) is 3. The summed E-state index contributed by atoms with van der Waals surface area (Å²) in [5.41, 5.74) is 0. The smallest absolute Gasteiger partial charge is 0.224 e. The Hall–Kier alpha value is -0.650. The molecule has 0 aromatic carbocycles. The number of anilines is 1.